The van der Waals surface area contributed by atoms with Gasteiger partial charge in [0.05, 0.1) is 17.2 Å². The van der Waals surface area contributed by atoms with Crippen molar-refractivity contribution in [3.8, 4) is 0 Å². The van der Waals surface area contributed by atoms with Gasteiger partial charge < -0.3 is 9.47 Å². The molecule has 1 aromatic carbocycles. The van der Waals surface area contributed by atoms with Crippen molar-refractivity contribution in [1.82, 2.24) is 14.5 Å². The van der Waals surface area contributed by atoms with Crippen molar-refractivity contribution in [3.05, 3.63) is 58.8 Å². The zero-order valence-electron chi connectivity index (χ0n) is 15.9. The van der Waals surface area contributed by atoms with E-state index in [2.05, 4.69) is 41.0 Å². The molecule has 1 fully saturated rings. The largest absolute Gasteiger partial charge is 0.369 e. The first-order valence-corrected chi connectivity index (χ1v) is 9.06. The zero-order chi connectivity index (χ0) is 18.7. The fourth-order valence-corrected chi connectivity index (χ4v) is 3.58. The summed E-state index contributed by atoms with van der Waals surface area (Å²) in [6.07, 6.45) is 4.13. The number of allylic oxidation sites excluding steroid dienone is 2. The molecule has 1 saturated heterocycles. The molecule has 0 amide bonds. The Morgan fingerprint density at radius 2 is 1.85 bits per heavy atom. The normalized spacial score (nSPS) is 17.2. The molecule has 0 aliphatic carbocycles. The minimum Gasteiger partial charge on any atom is -0.369 e. The highest BCUT2D eigenvalue weighted by atomic mass is 19.1. The van der Waals surface area contributed by atoms with Gasteiger partial charge in [-0.3, -0.25) is 4.90 Å². The minimum absolute atomic E-state index is 0.188. The average Bonchev–Trinajstić information content (AvgIpc) is 2.90. The van der Waals surface area contributed by atoms with Crippen molar-refractivity contribution >= 4 is 17.8 Å². The predicted molar refractivity (Wildman–Crippen MR) is 106 cm³/mol. The number of imidazole rings is 1. The molecule has 0 saturated carbocycles. The highest BCUT2D eigenvalue weighted by Crippen LogP contribution is 2.17. The second-order valence-corrected chi connectivity index (χ2v) is 6.80. The van der Waals surface area contributed by atoms with Crippen LogP contribution in [-0.2, 0) is 13.6 Å². The molecule has 2 aromatic rings. The van der Waals surface area contributed by atoms with Crippen LogP contribution in [-0.4, -0.2) is 40.6 Å². The van der Waals surface area contributed by atoms with E-state index < -0.39 is 0 Å². The molecule has 1 aliphatic heterocycles. The lowest BCUT2D eigenvalue weighted by atomic mass is 10.2. The first kappa shape index (κ1) is 18.4. The van der Waals surface area contributed by atoms with E-state index in [1.165, 1.54) is 17.7 Å². The maximum absolute atomic E-state index is 13.1. The molecule has 1 aromatic heterocycles. The molecule has 0 bridgehead atoms. The van der Waals surface area contributed by atoms with Gasteiger partial charge in [0.1, 0.15) is 11.6 Å². The van der Waals surface area contributed by atoms with E-state index >= 15 is 0 Å². The molecular weight excluding hydrogens is 327 g/mol. The van der Waals surface area contributed by atoms with Crippen molar-refractivity contribution in [2.75, 3.05) is 31.1 Å². The Kier molecular flexibility index (Phi) is 5.57. The number of benzene rings is 1. The number of piperazine rings is 1. The van der Waals surface area contributed by atoms with Gasteiger partial charge in [-0.05, 0) is 43.7 Å². The highest BCUT2D eigenvalue weighted by molar-refractivity contribution is 5.52. The summed E-state index contributed by atoms with van der Waals surface area (Å²) in [7, 11) is 2.06. The number of aromatic nitrogens is 2. The maximum Gasteiger partial charge on any atom is 0.123 e. The third-order valence-corrected chi connectivity index (χ3v) is 4.98. The molecule has 138 valence electrons. The van der Waals surface area contributed by atoms with Crippen LogP contribution in [0.2, 0.25) is 0 Å². The van der Waals surface area contributed by atoms with Crippen molar-refractivity contribution in [2.24, 2.45) is 7.05 Å². The van der Waals surface area contributed by atoms with Crippen LogP contribution >= 0.6 is 0 Å². The topological polar surface area (TPSA) is 24.3 Å². The molecule has 3 rings (SSSR count). The van der Waals surface area contributed by atoms with E-state index in [4.69, 9.17) is 4.98 Å². The van der Waals surface area contributed by atoms with Gasteiger partial charge in [-0.2, -0.15) is 0 Å². The molecular formula is C21H27FN4. The van der Waals surface area contributed by atoms with Gasteiger partial charge in [-0.25, -0.2) is 9.37 Å². The quantitative estimate of drug-likeness (QED) is 0.840. The Labute approximate surface area is 154 Å². The van der Waals surface area contributed by atoms with Gasteiger partial charge in [-0.15, -0.1) is 0 Å². The van der Waals surface area contributed by atoms with E-state index in [0.29, 0.717) is 0 Å². The van der Waals surface area contributed by atoms with Gasteiger partial charge >= 0.3 is 0 Å². The van der Waals surface area contributed by atoms with Crippen LogP contribution in [0, 0.1) is 5.82 Å². The molecule has 5 heteroatoms. The molecule has 26 heavy (non-hydrogen) atoms. The van der Waals surface area contributed by atoms with Crippen LogP contribution in [0.5, 0.6) is 0 Å². The lowest BCUT2D eigenvalue weighted by Gasteiger charge is -2.35. The number of anilines is 1. The van der Waals surface area contributed by atoms with Crippen LogP contribution < -0.4 is 15.6 Å². The Morgan fingerprint density at radius 3 is 2.46 bits per heavy atom. The fraction of sp³-hybridized carbons (Fsp3) is 0.381. The monoisotopic (exact) mass is 354 g/mol. The molecule has 0 unspecified atom stereocenters. The SMILES string of the molecule is C=c1nc(CN2CCN(c3ccc(F)cc3)CC2)n(C)/c1=C(C)/C=C\C. The van der Waals surface area contributed by atoms with Crippen LogP contribution in [0.4, 0.5) is 10.1 Å². The Bertz CT molecular complexity index is 887. The minimum atomic E-state index is -0.188. The fourth-order valence-electron chi connectivity index (χ4n) is 3.58. The van der Waals surface area contributed by atoms with Crippen molar-refractivity contribution < 1.29 is 4.39 Å². The summed E-state index contributed by atoms with van der Waals surface area (Å²) in [4.78, 5) is 9.41. The first-order valence-electron chi connectivity index (χ1n) is 9.06. The van der Waals surface area contributed by atoms with Crippen LogP contribution in [0.25, 0.3) is 12.2 Å². The van der Waals surface area contributed by atoms with Gasteiger partial charge in [0.25, 0.3) is 0 Å². The van der Waals surface area contributed by atoms with Gasteiger partial charge in [-0.1, -0.05) is 18.7 Å². The number of hydrogen-bond donors (Lipinski definition) is 0. The molecule has 1 aliphatic rings. The van der Waals surface area contributed by atoms with Crippen molar-refractivity contribution in [3.63, 3.8) is 0 Å². The predicted octanol–water partition coefficient (Wildman–Crippen LogP) is 2.04. The number of rotatable bonds is 4. The summed E-state index contributed by atoms with van der Waals surface area (Å²) in [5.74, 6) is 0.857. The van der Waals surface area contributed by atoms with E-state index in [1.807, 2.05) is 25.1 Å². The number of nitrogens with zero attached hydrogens (tertiary/aromatic N) is 4. The lowest BCUT2D eigenvalue weighted by molar-refractivity contribution is 0.241. The molecule has 0 spiro atoms. The third-order valence-electron chi connectivity index (χ3n) is 4.98. The van der Waals surface area contributed by atoms with Crippen LogP contribution in [0.3, 0.4) is 0 Å². The van der Waals surface area contributed by atoms with Crippen LogP contribution in [0.15, 0.2) is 36.4 Å². The Balaban J connectivity index is 1.69. The smallest absolute Gasteiger partial charge is 0.123 e. The maximum atomic E-state index is 13.1. The number of halogens is 1. The highest BCUT2D eigenvalue weighted by Gasteiger charge is 2.19. The van der Waals surface area contributed by atoms with Gasteiger partial charge in [0.2, 0.25) is 0 Å². The summed E-state index contributed by atoms with van der Waals surface area (Å²) in [6.45, 7) is 12.8. The molecule has 0 atom stereocenters. The van der Waals surface area contributed by atoms with E-state index in [9.17, 15) is 4.39 Å². The van der Waals surface area contributed by atoms with Gasteiger partial charge in [0.15, 0.2) is 0 Å². The summed E-state index contributed by atoms with van der Waals surface area (Å²) in [5.41, 5.74) is 2.27. The lowest BCUT2D eigenvalue weighted by Crippen LogP contribution is -2.46. The van der Waals surface area contributed by atoms with Crippen LogP contribution in [0.1, 0.15) is 19.7 Å². The van der Waals surface area contributed by atoms with E-state index in [1.54, 1.807) is 0 Å². The Hall–Kier alpha value is -2.40. The summed E-state index contributed by atoms with van der Waals surface area (Å²) in [6, 6.07) is 6.75. The average molecular weight is 354 g/mol. The molecule has 0 N–H and O–H groups in total. The third kappa shape index (κ3) is 3.88. The molecule has 2 heterocycles. The first-order chi connectivity index (χ1) is 12.5. The molecule has 0 radical (unpaired) electrons. The van der Waals surface area contributed by atoms with Gasteiger partial charge in [0, 0.05) is 38.9 Å². The Morgan fingerprint density at radius 1 is 1.19 bits per heavy atom. The van der Waals surface area contributed by atoms with Crippen molar-refractivity contribution in [1.29, 1.82) is 0 Å². The number of hydrogen-bond acceptors (Lipinski definition) is 3. The second kappa shape index (κ2) is 7.87. The van der Waals surface area contributed by atoms with E-state index in [0.717, 1.165) is 54.9 Å². The van der Waals surface area contributed by atoms with E-state index in [-0.39, 0.29) is 5.82 Å². The zero-order valence-corrected chi connectivity index (χ0v) is 15.9. The summed E-state index contributed by atoms with van der Waals surface area (Å²) < 4.78 is 15.2. The van der Waals surface area contributed by atoms with Crippen molar-refractivity contribution in [2.45, 2.75) is 20.4 Å². The molecule has 4 nitrogen and oxygen atoms in total. The standard InChI is InChI=1S/C21H27FN4/c1-5-6-16(2)21-17(3)23-20(24(21)4)15-25-11-13-26(14-12-25)19-9-7-18(22)8-10-19/h5-10H,3,11-15H2,1-2,4H3/b6-5-,21-16+. The summed E-state index contributed by atoms with van der Waals surface area (Å²) in [5, 5.41) is 1.94. The second-order valence-electron chi connectivity index (χ2n) is 6.80. The summed E-state index contributed by atoms with van der Waals surface area (Å²) >= 11 is 0.